The summed E-state index contributed by atoms with van der Waals surface area (Å²) < 4.78 is 5.26. The third-order valence-corrected chi connectivity index (χ3v) is 3.79. The smallest absolute Gasteiger partial charge is 0.410 e. The molecule has 0 unspecified atom stereocenters. The number of hydrogen-bond donors (Lipinski definition) is 0. The molecule has 2 atom stereocenters. The molecule has 3 heteroatoms. The summed E-state index contributed by atoms with van der Waals surface area (Å²) in [5.41, 5.74) is 2.23. The molecule has 3 nitrogen and oxygen atoms in total. The molecule has 0 N–H and O–H groups in total. The van der Waals surface area contributed by atoms with Gasteiger partial charge >= 0.3 is 6.09 Å². The van der Waals surface area contributed by atoms with Gasteiger partial charge in [-0.1, -0.05) is 60.7 Å². The van der Waals surface area contributed by atoms with E-state index in [1.54, 1.807) is 0 Å². The molecule has 3 rings (SSSR count). The fraction of sp³-hybridized carbons (Fsp3) is 0.235. The van der Waals surface area contributed by atoms with E-state index in [0.29, 0.717) is 6.61 Å². The van der Waals surface area contributed by atoms with Crippen molar-refractivity contribution in [3.63, 3.8) is 0 Å². The highest BCUT2D eigenvalue weighted by Crippen LogP contribution is 2.35. The van der Waals surface area contributed by atoms with Crippen LogP contribution in [0.4, 0.5) is 4.79 Å². The second kappa shape index (κ2) is 5.37. The van der Waals surface area contributed by atoms with Gasteiger partial charge < -0.3 is 4.74 Å². The number of hydrogen-bond acceptors (Lipinski definition) is 2. The average Bonchev–Trinajstić information content (AvgIpc) is 2.90. The van der Waals surface area contributed by atoms with Gasteiger partial charge in [0, 0.05) is 0 Å². The van der Waals surface area contributed by atoms with E-state index in [0.717, 1.165) is 11.1 Å². The average molecular weight is 267 g/mol. The largest absolute Gasteiger partial charge is 0.447 e. The van der Waals surface area contributed by atoms with E-state index in [1.165, 1.54) is 0 Å². The van der Waals surface area contributed by atoms with Crippen LogP contribution in [-0.4, -0.2) is 17.6 Å². The summed E-state index contributed by atoms with van der Waals surface area (Å²) in [6.45, 7) is 2.46. The Labute approximate surface area is 118 Å². The van der Waals surface area contributed by atoms with E-state index in [4.69, 9.17) is 4.74 Å². The number of nitrogens with zero attached hydrogens (tertiary/aromatic N) is 1. The Bertz CT molecular complexity index is 582. The Morgan fingerprint density at radius 3 is 2.30 bits per heavy atom. The van der Waals surface area contributed by atoms with Crippen LogP contribution in [0.25, 0.3) is 0 Å². The normalized spacial score (nSPS) is 19.8. The van der Waals surface area contributed by atoms with Gasteiger partial charge in [-0.05, 0) is 18.1 Å². The van der Waals surface area contributed by atoms with Crippen LogP contribution in [0, 0.1) is 0 Å². The number of ether oxygens (including phenoxy) is 1. The van der Waals surface area contributed by atoms with Crippen LogP contribution in [-0.2, 0) is 4.74 Å². The third kappa shape index (κ3) is 2.27. The molecule has 0 saturated carbocycles. The zero-order chi connectivity index (χ0) is 13.9. The SMILES string of the molecule is C[C@@H](c1ccccc1)N1C(=O)OC[C@H]1c1ccccc1. The molecule has 0 bridgehead atoms. The van der Waals surface area contributed by atoms with Crippen LogP contribution in [0.1, 0.15) is 30.1 Å². The van der Waals surface area contributed by atoms with Gasteiger partial charge in [0.05, 0.1) is 12.1 Å². The Balaban J connectivity index is 1.91. The van der Waals surface area contributed by atoms with E-state index in [2.05, 4.69) is 0 Å². The summed E-state index contributed by atoms with van der Waals surface area (Å²) in [5, 5.41) is 0. The predicted molar refractivity (Wildman–Crippen MR) is 77.2 cm³/mol. The van der Waals surface area contributed by atoms with Gasteiger partial charge in [-0.2, -0.15) is 0 Å². The molecule has 1 saturated heterocycles. The first-order valence-corrected chi connectivity index (χ1v) is 6.82. The van der Waals surface area contributed by atoms with Crippen molar-refractivity contribution in [2.45, 2.75) is 19.0 Å². The second-order valence-electron chi connectivity index (χ2n) is 5.00. The van der Waals surface area contributed by atoms with E-state index >= 15 is 0 Å². The number of carbonyl (C=O) groups excluding carboxylic acids is 1. The molecule has 1 amide bonds. The summed E-state index contributed by atoms with van der Waals surface area (Å²) in [4.78, 5) is 13.9. The lowest BCUT2D eigenvalue weighted by Gasteiger charge is -2.28. The highest BCUT2D eigenvalue weighted by molar-refractivity contribution is 5.71. The Hall–Kier alpha value is -2.29. The van der Waals surface area contributed by atoms with Gasteiger partial charge in [0.1, 0.15) is 6.61 Å². The van der Waals surface area contributed by atoms with Gasteiger partial charge in [-0.25, -0.2) is 4.79 Å². The van der Waals surface area contributed by atoms with Gasteiger partial charge in [-0.3, -0.25) is 4.90 Å². The van der Waals surface area contributed by atoms with Gasteiger partial charge in [-0.15, -0.1) is 0 Å². The van der Waals surface area contributed by atoms with Crippen molar-refractivity contribution in [1.82, 2.24) is 4.90 Å². The zero-order valence-electron chi connectivity index (χ0n) is 11.4. The maximum Gasteiger partial charge on any atom is 0.410 e. The number of rotatable bonds is 3. The molecule has 0 radical (unpaired) electrons. The number of carbonyl (C=O) groups is 1. The molecular weight excluding hydrogens is 250 g/mol. The maximum atomic E-state index is 12.1. The Morgan fingerprint density at radius 2 is 1.65 bits per heavy atom. The lowest BCUT2D eigenvalue weighted by Crippen LogP contribution is -2.30. The van der Waals surface area contributed by atoms with Crippen molar-refractivity contribution < 1.29 is 9.53 Å². The van der Waals surface area contributed by atoms with Crippen molar-refractivity contribution in [3.8, 4) is 0 Å². The molecule has 0 spiro atoms. The minimum Gasteiger partial charge on any atom is -0.447 e. The van der Waals surface area contributed by atoms with Gasteiger partial charge in [0.2, 0.25) is 0 Å². The van der Waals surface area contributed by atoms with E-state index in [9.17, 15) is 4.79 Å². The zero-order valence-corrected chi connectivity index (χ0v) is 11.4. The molecule has 20 heavy (non-hydrogen) atoms. The van der Waals surface area contributed by atoms with Gasteiger partial charge in [0.25, 0.3) is 0 Å². The first kappa shape index (κ1) is 12.7. The second-order valence-corrected chi connectivity index (χ2v) is 5.00. The van der Waals surface area contributed by atoms with Crippen molar-refractivity contribution in [3.05, 3.63) is 71.8 Å². The van der Waals surface area contributed by atoms with Crippen molar-refractivity contribution in [2.75, 3.05) is 6.61 Å². The molecule has 1 fully saturated rings. The molecule has 102 valence electrons. The predicted octanol–water partition coefficient (Wildman–Crippen LogP) is 3.94. The first-order valence-electron chi connectivity index (χ1n) is 6.82. The van der Waals surface area contributed by atoms with Crippen LogP contribution in [0.2, 0.25) is 0 Å². The summed E-state index contributed by atoms with van der Waals surface area (Å²) in [5.74, 6) is 0. The van der Waals surface area contributed by atoms with E-state index < -0.39 is 0 Å². The summed E-state index contributed by atoms with van der Waals surface area (Å²) >= 11 is 0. The van der Waals surface area contributed by atoms with Gasteiger partial charge in [0.15, 0.2) is 0 Å². The van der Waals surface area contributed by atoms with Crippen molar-refractivity contribution in [1.29, 1.82) is 0 Å². The Kier molecular flexibility index (Phi) is 3.42. The molecule has 1 aliphatic rings. The monoisotopic (exact) mass is 267 g/mol. The topological polar surface area (TPSA) is 29.5 Å². The number of cyclic esters (lactones) is 1. The molecule has 0 aromatic heterocycles. The van der Waals surface area contributed by atoms with Crippen LogP contribution < -0.4 is 0 Å². The lowest BCUT2D eigenvalue weighted by atomic mass is 10.0. The molecule has 0 aliphatic carbocycles. The minimum absolute atomic E-state index is 0.00333. The minimum atomic E-state index is -0.241. The summed E-state index contributed by atoms with van der Waals surface area (Å²) in [6, 6.07) is 20.1. The molecule has 2 aromatic carbocycles. The van der Waals surface area contributed by atoms with Crippen LogP contribution in [0.15, 0.2) is 60.7 Å². The van der Waals surface area contributed by atoms with Crippen LogP contribution in [0.5, 0.6) is 0 Å². The fourth-order valence-corrected chi connectivity index (χ4v) is 2.68. The summed E-state index contributed by atoms with van der Waals surface area (Å²) in [6.07, 6.45) is -0.241. The number of amides is 1. The Morgan fingerprint density at radius 1 is 1.05 bits per heavy atom. The van der Waals surface area contributed by atoms with E-state index in [-0.39, 0.29) is 18.2 Å². The van der Waals surface area contributed by atoms with E-state index in [1.807, 2.05) is 72.5 Å². The highest BCUT2D eigenvalue weighted by atomic mass is 16.6. The lowest BCUT2D eigenvalue weighted by molar-refractivity contribution is 0.147. The summed E-state index contributed by atoms with van der Waals surface area (Å²) in [7, 11) is 0. The molecule has 1 heterocycles. The molecule has 1 aliphatic heterocycles. The fourth-order valence-electron chi connectivity index (χ4n) is 2.68. The quantitative estimate of drug-likeness (QED) is 0.843. The standard InChI is InChI=1S/C17H17NO2/c1-13(14-8-4-2-5-9-14)18-16(12-20-17(18)19)15-10-6-3-7-11-15/h2-11,13,16H,12H2,1H3/t13-,16-/m0/s1. The molecule has 2 aromatic rings. The van der Waals surface area contributed by atoms with Crippen molar-refractivity contribution >= 4 is 6.09 Å². The highest BCUT2D eigenvalue weighted by Gasteiger charge is 2.37. The van der Waals surface area contributed by atoms with Crippen LogP contribution >= 0.6 is 0 Å². The first-order chi connectivity index (χ1) is 9.77. The molecular formula is C17H17NO2. The number of benzene rings is 2. The maximum absolute atomic E-state index is 12.1. The van der Waals surface area contributed by atoms with Crippen LogP contribution in [0.3, 0.4) is 0 Å². The van der Waals surface area contributed by atoms with Crippen molar-refractivity contribution in [2.24, 2.45) is 0 Å². The third-order valence-electron chi connectivity index (χ3n) is 3.79.